The molecule has 3 rings (SSSR count). The zero-order valence-electron chi connectivity index (χ0n) is 15.6. The first-order valence-corrected chi connectivity index (χ1v) is 10.8. The molecule has 0 spiro atoms. The standard InChI is InChI=1S/C19H19FN2O5S2/c1-11(23)14-4-3-13(8-15(14)20)27-9-12-2-5-17(24)22(12)6-7-28-19-21-16(10-29-19)18(25)26/h3-4,8,10,12H,2,5-7,9H2,1H3,(H,25,26)/t12-/m1/s1. The van der Waals surface area contributed by atoms with E-state index in [0.717, 1.165) is 0 Å². The second kappa shape index (κ2) is 9.36. The fraction of sp³-hybridized carbons (Fsp3) is 0.368. The lowest BCUT2D eigenvalue weighted by molar-refractivity contribution is -0.129. The summed E-state index contributed by atoms with van der Waals surface area (Å²) in [6.07, 6.45) is 1.08. The van der Waals surface area contributed by atoms with Gasteiger partial charge in [-0.3, -0.25) is 9.59 Å². The van der Waals surface area contributed by atoms with Gasteiger partial charge in [-0.15, -0.1) is 11.3 Å². The molecule has 1 aliphatic heterocycles. The van der Waals surface area contributed by atoms with E-state index in [1.807, 2.05) is 0 Å². The van der Waals surface area contributed by atoms with Crippen molar-refractivity contribution in [1.29, 1.82) is 0 Å². The first-order valence-electron chi connectivity index (χ1n) is 8.89. The number of Topliss-reactive ketones (excluding diaryl/α,β-unsaturated/α-hetero) is 1. The van der Waals surface area contributed by atoms with Crippen molar-refractivity contribution in [3.8, 4) is 5.75 Å². The molecule has 1 N–H and O–H groups in total. The molecule has 10 heteroatoms. The van der Waals surface area contributed by atoms with Crippen LogP contribution in [0, 0.1) is 5.82 Å². The van der Waals surface area contributed by atoms with Crippen LogP contribution >= 0.6 is 23.1 Å². The van der Waals surface area contributed by atoms with Crippen LogP contribution in [0.3, 0.4) is 0 Å². The summed E-state index contributed by atoms with van der Waals surface area (Å²) in [7, 11) is 0. The van der Waals surface area contributed by atoms with E-state index < -0.39 is 11.8 Å². The van der Waals surface area contributed by atoms with Crippen LogP contribution in [0.25, 0.3) is 0 Å². The number of carboxylic acids is 1. The third kappa shape index (κ3) is 5.33. The number of benzene rings is 1. The molecule has 1 aliphatic rings. The number of halogens is 1. The maximum Gasteiger partial charge on any atom is 0.355 e. The topological polar surface area (TPSA) is 96.8 Å². The number of aromatic carboxylic acids is 1. The van der Waals surface area contributed by atoms with Gasteiger partial charge in [0.1, 0.15) is 18.2 Å². The minimum absolute atomic E-state index is 0.0142. The Hall–Kier alpha value is -2.46. The van der Waals surface area contributed by atoms with Crippen molar-refractivity contribution in [2.45, 2.75) is 30.1 Å². The summed E-state index contributed by atoms with van der Waals surface area (Å²) in [6, 6.07) is 3.99. The summed E-state index contributed by atoms with van der Waals surface area (Å²) >= 11 is 2.66. The average molecular weight is 439 g/mol. The van der Waals surface area contributed by atoms with Crippen molar-refractivity contribution >= 4 is 40.8 Å². The number of rotatable bonds is 9. The molecule has 0 unspecified atom stereocenters. The smallest absolute Gasteiger partial charge is 0.355 e. The van der Waals surface area contributed by atoms with E-state index in [4.69, 9.17) is 9.84 Å². The Morgan fingerprint density at radius 3 is 2.90 bits per heavy atom. The van der Waals surface area contributed by atoms with Crippen LogP contribution in [0.4, 0.5) is 4.39 Å². The van der Waals surface area contributed by atoms with E-state index in [1.165, 1.54) is 47.5 Å². The van der Waals surface area contributed by atoms with Gasteiger partial charge in [-0.05, 0) is 25.5 Å². The van der Waals surface area contributed by atoms with Crippen molar-refractivity contribution in [3.05, 3.63) is 40.7 Å². The summed E-state index contributed by atoms with van der Waals surface area (Å²) in [6.45, 7) is 2.01. The predicted octanol–water partition coefficient (Wildman–Crippen LogP) is 3.35. The number of hydrogen-bond acceptors (Lipinski definition) is 7. The summed E-state index contributed by atoms with van der Waals surface area (Å²) in [5, 5.41) is 10.4. The van der Waals surface area contributed by atoms with E-state index >= 15 is 0 Å². The number of thioether (sulfide) groups is 1. The minimum Gasteiger partial charge on any atom is -0.491 e. The number of hydrogen-bond donors (Lipinski definition) is 1. The molecule has 1 aromatic heterocycles. The summed E-state index contributed by atoms with van der Waals surface area (Å²) in [4.78, 5) is 40.1. The van der Waals surface area contributed by atoms with Crippen LogP contribution in [0.2, 0.25) is 0 Å². The van der Waals surface area contributed by atoms with Gasteiger partial charge in [0, 0.05) is 30.2 Å². The largest absolute Gasteiger partial charge is 0.491 e. The summed E-state index contributed by atoms with van der Waals surface area (Å²) in [5.74, 6) is -1.12. The van der Waals surface area contributed by atoms with Crippen molar-refractivity contribution in [2.24, 2.45) is 0 Å². The highest BCUT2D eigenvalue weighted by molar-refractivity contribution is 8.01. The fourth-order valence-electron chi connectivity index (χ4n) is 2.99. The SMILES string of the molecule is CC(=O)c1ccc(OC[C@H]2CCC(=O)N2CCSc2nc(C(=O)O)cs2)cc1F. The van der Waals surface area contributed by atoms with Crippen LogP contribution in [-0.2, 0) is 4.79 Å². The number of carbonyl (C=O) groups excluding carboxylic acids is 2. The van der Waals surface area contributed by atoms with Crippen molar-refractivity contribution < 1.29 is 28.6 Å². The van der Waals surface area contributed by atoms with Crippen molar-refractivity contribution in [3.63, 3.8) is 0 Å². The first-order chi connectivity index (χ1) is 13.8. The molecule has 154 valence electrons. The van der Waals surface area contributed by atoms with Crippen LogP contribution < -0.4 is 4.74 Å². The molecule has 7 nitrogen and oxygen atoms in total. The Morgan fingerprint density at radius 1 is 1.45 bits per heavy atom. The third-order valence-electron chi connectivity index (χ3n) is 4.47. The molecule has 0 bridgehead atoms. The van der Waals surface area contributed by atoms with Crippen molar-refractivity contribution in [2.75, 3.05) is 18.9 Å². The number of thiazole rings is 1. The predicted molar refractivity (Wildman–Crippen MR) is 106 cm³/mol. The van der Waals surface area contributed by atoms with Gasteiger partial charge in [0.15, 0.2) is 15.8 Å². The van der Waals surface area contributed by atoms with E-state index in [-0.39, 0.29) is 35.6 Å². The molecule has 0 aliphatic carbocycles. The normalized spacial score (nSPS) is 16.3. The molecule has 1 amide bonds. The second-order valence-electron chi connectivity index (χ2n) is 6.44. The monoisotopic (exact) mass is 438 g/mol. The van der Waals surface area contributed by atoms with Crippen LogP contribution in [0.5, 0.6) is 5.75 Å². The van der Waals surface area contributed by atoms with Gasteiger partial charge < -0.3 is 14.7 Å². The van der Waals surface area contributed by atoms with E-state index in [0.29, 0.717) is 35.2 Å². The number of carboxylic acid groups (broad SMARTS) is 1. The molecule has 1 aromatic carbocycles. The van der Waals surface area contributed by atoms with Gasteiger partial charge in [0.2, 0.25) is 5.91 Å². The van der Waals surface area contributed by atoms with Gasteiger partial charge in [-0.1, -0.05) is 11.8 Å². The minimum atomic E-state index is -1.06. The lowest BCUT2D eigenvalue weighted by Crippen LogP contribution is -2.38. The molecule has 29 heavy (non-hydrogen) atoms. The first kappa shape index (κ1) is 21.3. The van der Waals surface area contributed by atoms with Gasteiger partial charge in [0.25, 0.3) is 0 Å². The Bertz CT molecular complexity index is 933. The second-order valence-corrected chi connectivity index (χ2v) is 8.64. The molecular weight excluding hydrogens is 419 g/mol. The number of nitrogens with zero attached hydrogens (tertiary/aromatic N) is 2. The highest BCUT2D eigenvalue weighted by Gasteiger charge is 2.31. The van der Waals surface area contributed by atoms with Gasteiger partial charge in [0.05, 0.1) is 11.6 Å². The number of aromatic nitrogens is 1. The van der Waals surface area contributed by atoms with Crippen LogP contribution in [-0.4, -0.2) is 57.6 Å². The Balaban J connectivity index is 1.52. The highest BCUT2D eigenvalue weighted by atomic mass is 32.2. The van der Waals surface area contributed by atoms with E-state index in [2.05, 4.69) is 4.98 Å². The van der Waals surface area contributed by atoms with Gasteiger partial charge >= 0.3 is 5.97 Å². The lowest BCUT2D eigenvalue weighted by Gasteiger charge is -2.24. The number of amides is 1. The number of carbonyl (C=O) groups is 3. The third-order valence-corrected chi connectivity index (χ3v) is 6.48. The Kier molecular flexibility index (Phi) is 6.86. The Labute approximate surface area is 174 Å². The number of likely N-dealkylation sites (tertiary alicyclic amines) is 1. The molecule has 1 saturated heterocycles. The molecule has 2 heterocycles. The Morgan fingerprint density at radius 2 is 2.24 bits per heavy atom. The lowest BCUT2D eigenvalue weighted by atomic mass is 10.1. The molecule has 0 saturated carbocycles. The van der Waals surface area contributed by atoms with E-state index in [9.17, 15) is 18.8 Å². The molecule has 1 fully saturated rings. The molecule has 0 radical (unpaired) electrons. The van der Waals surface area contributed by atoms with Gasteiger partial charge in [-0.2, -0.15) is 0 Å². The van der Waals surface area contributed by atoms with Crippen LogP contribution in [0.15, 0.2) is 27.9 Å². The van der Waals surface area contributed by atoms with E-state index in [1.54, 1.807) is 11.0 Å². The fourth-order valence-corrected chi connectivity index (χ4v) is 4.80. The van der Waals surface area contributed by atoms with Gasteiger partial charge in [-0.25, -0.2) is 14.2 Å². The maximum absolute atomic E-state index is 13.9. The zero-order valence-corrected chi connectivity index (χ0v) is 17.2. The summed E-state index contributed by atoms with van der Waals surface area (Å²) in [5.41, 5.74) is 0.0318. The maximum atomic E-state index is 13.9. The van der Waals surface area contributed by atoms with Crippen molar-refractivity contribution in [1.82, 2.24) is 9.88 Å². The molecule has 1 atom stereocenters. The van der Waals surface area contributed by atoms with Crippen LogP contribution in [0.1, 0.15) is 40.6 Å². The molecular formula is C19H19FN2O5S2. The number of ketones is 1. The number of ether oxygens (including phenoxy) is 1. The average Bonchev–Trinajstić information content (AvgIpc) is 3.27. The summed E-state index contributed by atoms with van der Waals surface area (Å²) < 4.78 is 20.2. The quantitative estimate of drug-likeness (QED) is 0.474. The molecule has 2 aromatic rings. The highest BCUT2D eigenvalue weighted by Crippen LogP contribution is 2.26. The zero-order chi connectivity index (χ0) is 21.0.